The van der Waals surface area contributed by atoms with Gasteiger partial charge in [-0.25, -0.2) is 9.67 Å². The van der Waals surface area contributed by atoms with Crippen molar-refractivity contribution in [1.29, 1.82) is 0 Å². The Hall–Kier alpha value is -1.17. The summed E-state index contributed by atoms with van der Waals surface area (Å²) >= 11 is 11.8. The largest absolute Gasteiger partial charge is 0.301 e. The predicted octanol–water partition coefficient (Wildman–Crippen LogP) is 3.51. The molecule has 0 aromatic carbocycles. The van der Waals surface area contributed by atoms with Gasteiger partial charge in [0, 0.05) is 25.3 Å². The van der Waals surface area contributed by atoms with Crippen LogP contribution in [-0.2, 0) is 0 Å². The molecule has 0 amide bonds. The fourth-order valence-corrected chi connectivity index (χ4v) is 3.48. The Morgan fingerprint density at radius 1 is 1.32 bits per heavy atom. The molecule has 0 saturated carbocycles. The number of aromatic nitrogens is 3. The van der Waals surface area contributed by atoms with Crippen molar-refractivity contribution < 1.29 is 4.79 Å². The zero-order chi connectivity index (χ0) is 15.9. The maximum absolute atomic E-state index is 11.3. The number of piperidine rings is 1. The summed E-state index contributed by atoms with van der Waals surface area (Å²) in [6, 6.07) is 0.883. The van der Waals surface area contributed by atoms with Crippen LogP contribution in [-0.4, -0.2) is 44.0 Å². The van der Waals surface area contributed by atoms with E-state index in [1.165, 1.54) is 6.20 Å². The fourth-order valence-electron chi connectivity index (χ4n) is 3.02. The van der Waals surface area contributed by atoms with Gasteiger partial charge in [-0.1, -0.05) is 11.6 Å². The van der Waals surface area contributed by atoms with Crippen LogP contribution in [0.5, 0.6) is 0 Å². The second-order valence-corrected chi connectivity index (χ2v) is 6.67. The average Bonchev–Trinajstić information content (AvgIpc) is 2.92. The Kier molecular flexibility index (Phi) is 4.39. The van der Waals surface area contributed by atoms with Crippen LogP contribution >= 0.6 is 23.2 Å². The van der Waals surface area contributed by atoms with E-state index in [9.17, 15) is 4.79 Å². The Morgan fingerprint density at radius 2 is 2.00 bits per heavy atom. The van der Waals surface area contributed by atoms with Gasteiger partial charge in [-0.15, -0.1) is 0 Å². The molecule has 2 aromatic heterocycles. The zero-order valence-corrected chi connectivity index (χ0v) is 14.1. The standard InChI is InChI=1S/C15H18Cl2N4O/c1-9(2)20-5-3-10(4-6-20)21-15-12(8-19-21)13(16)11(7-18-15)14(17)22/h7-10H,3-6H2,1-2H3. The molecule has 0 atom stereocenters. The van der Waals surface area contributed by atoms with E-state index in [1.807, 2.05) is 4.68 Å². The number of likely N-dealkylation sites (tertiary alicyclic amines) is 1. The van der Waals surface area contributed by atoms with Crippen LogP contribution in [0, 0.1) is 0 Å². The van der Waals surface area contributed by atoms with Crippen LogP contribution in [0.15, 0.2) is 12.4 Å². The normalized spacial score (nSPS) is 17.5. The molecule has 0 spiro atoms. The van der Waals surface area contributed by atoms with Gasteiger partial charge in [-0.05, 0) is 38.3 Å². The number of nitrogens with zero attached hydrogens (tertiary/aromatic N) is 4. The van der Waals surface area contributed by atoms with Gasteiger partial charge in [0.2, 0.25) is 0 Å². The van der Waals surface area contributed by atoms with Crippen molar-refractivity contribution >= 4 is 39.5 Å². The summed E-state index contributed by atoms with van der Waals surface area (Å²) in [5, 5.41) is 4.86. The van der Waals surface area contributed by atoms with E-state index in [0.29, 0.717) is 22.5 Å². The third-order valence-electron chi connectivity index (χ3n) is 4.35. The van der Waals surface area contributed by atoms with Crippen LogP contribution in [0.4, 0.5) is 0 Å². The van der Waals surface area contributed by atoms with Gasteiger partial charge in [0.15, 0.2) is 5.65 Å². The minimum Gasteiger partial charge on any atom is -0.301 e. The van der Waals surface area contributed by atoms with Crippen molar-refractivity contribution in [1.82, 2.24) is 19.7 Å². The van der Waals surface area contributed by atoms with Crippen molar-refractivity contribution in [2.75, 3.05) is 13.1 Å². The van der Waals surface area contributed by atoms with Crippen molar-refractivity contribution in [3.63, 3.8) is 0 Å². The monoisotopic (exact) mass is 340 g/mol. The second-order valence-electron chi connectivity index (χ2n) is 5.95. The summed E-state index contributed by atoms with van der Waals surface area (Å²) in [5.41, 5.74) is 0.944. The van der Waals surface area contributed by atoms with Gasteiger partial charge < -0.3 is 4.90 Å². The van der Waals surface area contributed by atoms with Gasteiger partial charge in [0.05, 0.1) is 28.2 Å². The van der Waals surface area contributed by atoms with E-state index in [-0.39, 0.29) is 5.56 Å². The Labute approximate surface area is 139 Å². The smallest absolute Gasteiger partial charge is 0.255 e. The second kappa shape index (κ2) is 6.14. The lowest BCUT2D eigenvalue weighted by atomic mass is 10.0. The van der Waals surface area contributed by atoms with Gasteiger partial charge in [-0.3, -0.25) is 4.79 Å². The molecule has 7 heteroatoms. The molecule has 2 aromatic rings. The van der Waals surface area contributed by atoms with Crippen LogP contribution < -0.4 is 0 Å². The lowest BCUT2D eigenvalue weighted by Gasteiger charge is -2.34. The van der Waals surface area contributed by atoms with Crippen LogP contribution in [0.1, 0.15) is 43.1 Å². The molecule has 1 aliphatic rings. The summed E-state index contributed by atoms with van der Waals surface area (Å²) in [6.07, 6.45) is 5.17. The van der Waals surface area contributed by atoms with E-state index in [2.05, 4.69) is 28.8 Å². The number of carbonyl (C=O) groups excluding carboxylic acids is 1. The number of halogens is 2. The highest BCUT2D eigenvalue weighted by atomic mass is 35.5. The van der Waals surface area contributed by atoms with Gasteiger partial charge >= 0.3 is 0 Å². The highest BCUT2D eigenvalue weighted by Crippen LogP contribution is 2.31. The third-order valence-corrected chi connectivity index (χ3v) is 4.96. The van der Waals surface area contributed by atoms with Gasteiger partial charge in [-0.2, -0.15) is 5.10 Å². The van der Waals surface area contributed by atoms with Crippen LogP contribution in [0.25, 0.3) is 11.0 Å². The first-order valence-corrected chi connectivity index (χ1v) is 8.20. The predicted molar refractivity (Wildman–Crippen MR) is 87.7 cm³/mol. The maximum atomic E-state index is 11.3. The first-order chi connectivity index (χ1) is 10.5. The molecule has 5 nitrogen and oxygen atoms in total. The van der Waals surface area contributed by atoms with Crippen LogP contribution in [0.2, 0.25) is 5.02 Å². The third kappa shape index (κ3) is 2.73. The van der Waals surface area contributed by atoms with Crippen molar-refractivity contribution in [3.05, 3.63) is 23.0 Å². The fraction of sp³-hybridized carbons (Fsp3) is 0.533. The quantitative estimate of drug-likeness (QED) is 0.802. The van der Waals surface area contributed by atoms with Crippen molar-refractivity contribution in [3.8, 4) is 0 Å². The van der Waals surface area contributed by atoms with Gasteiger partial charge in [0.1, 0.15) is 0 Å². The molecule has 0 N–H and O–H groups in total. The summed E-state index contributed by atoms with van der Waals surface area (Å²) in [6.45, 7) is 6.54. The molecule has 1 saturated heterocycles. The number of rotatable bonds is 3. The average molecular weight is 341 g/mol. The molecule has 118 valence electrons. The number of hydrogen-bond acceptors (Lipinski definition) is 4. The Morgan fingerprint density at radius 3 is 2.59 bits per heavy atom. The molecular weight excluding hydrogens is 323 g/mol. The highest BCUT2D eigenvalue weighted by molar-refractivity contribution is 6.69. The summed E-state index contributed by atoms with van der Waals surface area (Å²) in [7, 11) is 0. The topological polar surface area (TPSA) is 51.0 Å². The zero-order valence-electron chi connectivity index (χ0n) is 12.6. The molecule has 22 heavy (non-hydrogen) atoms. The number of pyridine rings is 1. The van der Waals surface area contributed by atoms with E-state index < -0.39 is 5.24 Å². The number of carbonyl (C=O) groups is 1. The number of fused-ring (bicyclic) bond motifs is 1. The Balaban J connectivity index is 1.90. The highest BCUT2D eigenvalue weighted by Gasteiger charge is 2.25. The molecule has 3 heterocycles. The lowest BCUT2D eigenvalue weighted by Crippen LogP contribution is -2.39. The first kappa shape index (κ1) is 15.7. The molecule has 1 fully saturated rings. The molecule has 0 aliphatic carbocycles. The minimum absolute atomic E-state index is 0.227. The molecule has 0 radical (unpaired) electrons. The van der Waals surface area contributed by atoms with Crippen molar-refractivity contribution in [2.24, 2.45) is 0 Å². The number of hydrogen-bond donors (Lipinski definition) is 0. The minimum atomic E-state index is -0.600. The van der Waals surface area contributed by atoms with E-state index in [1.54, 1.807) is 6.20 Å². The summed E-state index contributed by atoms with van der Waals surface area (Å²) in [4.78, 5) is 18.1. The molecular formula is C15H18Cl2N4O. The van der Waals surface area contributed by atoms with E-state index in [0.717, 1.165) is 31.6 Å². The van der Waals surface area contributed by atoms with E-state index >= 15 is 0 Å². The van der Waals surface area contributed by atoms with Gasteiger partial charge in [0.25, 0.3) is 5.24 Å². The van der Waals surface area contributed by atoms with Crippen LogP contribution in [0.3, 0.4) is 0 Å². The maximum Gasteiger partial charge on any atom is 0.255 e. The Bertz CT molecular complexity index is 705. The SMILES string of the molecule is CC(C)N1CCC(n2ncc3c(Cl)c(C(=O)Cl)cnc32)CC1. The summed E-state index contributed by atoms with van der Waals surface area (Å²) in [5.74, 6) is 0. The first-order valence-electron chi connectivity index (χ1n) is 7.44. The summed E-state index contributed by atoms with van der Waals surface area (Å²) < 4.78 is 1.93. The molecule has 1 aliphatic heterocycles. The van der Waals surface area contributed by atoms with Crippen molar-refractivity contribution in [2.45, 2.75) is 38.8 Å². The lowest BCUT2D eigenvalue weighted by molar-refractivity contribution is 0.108. The molecule has 0 unspecified atom stereocenters. The molecule has 0 bridgehead atoms. The van der Waals surface area contributed by atoms with E-state index in [4.69, 9.17) is 23.2 Å². The molecule has 3 rings (SSSR count).